The van der Waals surface area contributed by atoms with E-state index in [1.165, 1.54) is 0 Å². The molecule has 0 aliphatic rings. The van der Waals surface area contributed by atoms with E-state index in [-0.39, 0.29) is 100 Å². The van der Waals surface area contributed by atoms with Crippen LogP contribution in [0.5, 0.6) is 23.0 Å². The number of pyridine rings is 4. The van der Waals surface area contributed by atoms with E-state index >= 15 is 0 Å². The van der Waals surface area contributed by atoms with Crippen LogP contribution in [0.2, 0.25) is 0 Å². The van der Waals surface area contributed by atoms with Gasteiger partial charge in [-0.15, -0.1) is 0 Å². The number of fused-ring (bicyclic) bond motifs is 24. The molecule has 2 radical (unpaired) electrons. The summed E-state index contributed by atoms with van der Waals surface area (Å²) in [5, 5.41) is 60.9. The number of hydrogen-bond donors (Lipinski definition) is 4. The topological polar surface area (TPSA) is 289 Å². The van der Waals surface area contributed by atoms with Gasteiger partial charge in [0.2, 0.25) is 22.9 Å². The normalized spacial score (nSPS) is 12.9. The van der Waals surface area contributed by atoms with Crippen LogP contribution in [-0.2, 0) is 96.8 Å². The Kier molecular flexibility index (Phi) is 21.7. The predicted molar refractivity (Wildman–Crippen MR) is 517 cm³/mol. The second-order valence-electron chi connectivity index (χ2n) is 42.7. The molecule has 20 nitrogen and oxygen atoms in total. The van der Waals surface area contributed by atoms with E-state index in [4.69, 9.17) is 57.5 Å². The Morgan fingerprint density at radius 3 is 0.608 bits per heavy atom. The molecular weight excluding hydrogens is 1730 g/mol. The Hall–Kier alpha value is -12.6. The first-order chi connectivity index (χ1) is 59.7. The zero-order valence-corrected chi connectivity index (χ0v) is 80.0. The van der Waals surface area contributed by atoms with Crippen LogP contribution in [0.4, 0.5) is 0 Å². The van der Waals surface area contributed by atoms with Gasteiger partial charge in [0.1, 0.15) is 45.1 Å². The maximum absolute atomic E-state index is 12.4. The van der Waals surface area contributed by atoms with Crippen molar-refractivity contribution in [2.24, 2.45) is 0 Å². The zero-order valence-electron chi connectivity index (χ0n) is 78.1. The van der Waals surface area contributed by atoms with E-state index in [1.807, 2.05) is 121 Å². The minimum atomic E-state index is -0.639. The number of benzene rings is 10. The van der Waals surface area contributed by atoms with Crippen LogP contribution in [0.15, 0.2) is 163 Å². The van der Waals surface area contributed by atoms with Gasteiger partial charge in [0.15, 0.2) is 22.3 Å². The molecule has 20 aromatic rings. The molecule has 0 unspecified atom stereocenters. The smallest absolute Gasteiger partial charge is 0.352 e. The van der Waals surface area contributed by atoms with Crippen molar-refractivity contribution in [2.45, 2.75) is 223 Å². The van der Waals surface area contributed by atoms with E-state index in [0.29, 0.717) is 154 Å². The maximum atomic E-state index is 12.4. The first kappa shape index (κ1) is 90.8. The third kappa shape index (κ3) is 15.7. The van der Waals surface area contributed by atoms with Crippen LogP contribution in [0.25, 0.3) is 198 Å². The minimum Gasteiger partial charge on any atom is -0.506 e. The molecule has 24 bridgehead atoms. The molecule has 10 heterocycles. The number of hydrogen-bond acceptors (Lipinski definition) is 20. The molecule has 0 aliphatic carbocycles. The fourth-order valence-electron chi connectivity index (χ4n) is 17.4. The number of phenols is 4. The molecule has 0 spiro atoms. The fourth-order valence-corrected chi connectivity index (χ4v) is 17.4. The van der Waals surface area contributed by atoms with Crippen molar-refractivity contribution in [1.82, 2.24) is 39.9 Å². The number of carbonyl (C=O) groups excluding carboxylic acids is 2. The molecule has 0 saturated carbocycles. The molecular formula is C108H106Cu2N8O12. The number of nitrogens with zero attached hydrogens (tertiary/aromatic N) is 8. The fraction of sp³-hybridized carbons (Fsp3) is 0.315. The largest absolute Gasteiger partial charge is 0.506 e. The maximum Gasteiger partial charge on any atom is 0.352 e. The Morgan fingerprint density at radius 1 is 0.246 bits per heavy atom. The van der Waals surface area contributed by atoms with Crippen LogP contribution >= 0.6 is 0 Å². The van der Waals surface area contributed by atoms with Crippen molar-refractivity contribution in [3.05, 3.63) is 190 Å². The second-order valence-corrected chi connectivity index (χ2v) is 42.7. The zero-order chi connectivity index (χ0) is 91.7. The third-order valence-electron chi connectivity index (χ3n) is 24.7. The Balaban J connectivity index is 0.000000173. The molecule has 4 N–H and O–H groups in total. The van der Waals surface area contributed by atoms with E-state index in [2.05, 4.69) is 200 Å². The third-order valence-corrected chi connectivity index (χ3v) is 24.7. The SMILES string of the molecule is CC(=O)OOC(C)=O.CC(C)(C)c1cc2c(O)c(c1)c1nc3c(o1)c(C(C)(C)C)cc1cc(C(C)(C)C)c4oc(nc4c13)c1cc(C(C)(C)C)cc(c1O)c1ccc3ccc4ccc2nc4c3n1.CC(C)(C)c1cc2c(O)c(c1)c1nc3c(o1)c(C(C)(C)C)cc1cc(C(C)(C)C)c4oc(nc4c13)c1cc(C(C)(C)C)cc(c1O)c1ccc3ccc4ccc2nc4c3n1.[Cu].[Cu]. The van der Waals surface area contributed by atoms with Gasteiger partial charge in [0.05, 0.1) is 65.7 Å². The summed E-state index contributed by atoms with van der Waals surface area (Å²) >= 11 is 0. The number of oxazole rings is 4. The van der Waals surface area contributed by atoms with Gasteiger partial charge >= 0.3 is 11.9 Å². The van der Waals surface area contributed by atoms with Gasteiger partial charge in [-0.25, -0.2) is 59.2 Å². The van der Waals surface area contributed by atoms with Gasteiger partial charge in [-0.3, -0.25) is 0 Å². The van der Waals surface area contributed by atoms with Crippen LogP contribution in [0.1, 0.15) is 225 Å². The van der Waals surface area contributed by atoms with Crippen molar-refractivity contribution in [2.75, 3.05) is 0 Å². The van der Waals surface area contributed by atoms with E-state index in [9.17, 15) is 30.0 Å². The predicted octanol–water partition coefficient (Wildman–Crippen LogP) is 28.0. The summed E-state index contributed by atoms with van der Waals surface area (Å²) in [6.45, 7) is 54.1. The Morgan fingerprint density at radius 2 is 0.431 bits per heavy atom. The van der Waals surface area contributed by atoms with Gasteiger partial charge in [0.25, 0.3) is 0 Å². The van der Waals surface area contributed by atoms with Crippen LogP contribution in [0.3, 0.4) is 0 Å². The quantitative estimate of drug-likeness (QED) is 0.0475. The summed E-state index contributed by atoms with van der Waals surface area (Å²) in [7, 11) is 0. The summed E-state index contributed by atoms with van der Waals surface area (Å²) in [6.07, 6.45) is 0. The van der Waals surface area contributed by atoms with Crippen LogP contribution in [-0.4, -0.2) is 72.2 Å². The number of aromatic hydroxyl groups is 4. The number of rotatable bonds is 0. The number of carbonyl (C=O) groups is 2. The summed E-state index contributed by atoms with van der Waals surface area (Å²) in [4.78, 5) is 69.6. The molecule has 130 heavy (non-hydrogen) atoms. The van der Waals surface area contributed by atoms with Crippen molar-refractivity contribution < 1.29 is 91.6 Å². The number of aromatic nitrogens is 8. The molecule has 22 heteroatoms. The molecule has 0 saturated heterocycles. The second kappa shape index (κ2) is 31.1. The first-order valence-corrected chi connectivity index (χ1v) is 43.5. The summed E-state index contributed by atoms with van der Waals surface area (Å²) in [5.41, 5.74) is 16.6. The standard InChI is InChI=1S/2C52H50N4O4.C4H6O4.2Cu/c2*1-49(2,3)28-21-30-36-17-15-25-13-14-26-16-18-37(54-40(26)39(25)53-36)31-22-29(50(4,5)6)24-33(44(31)58)48-56-42-38-27(20-35(46(42)60-48)52(10,11)12)19-34(51(7,8)9)45-41(38)55-47(59-45)32(23-28)43(30)57;1-3(5)7-8-4(2)6;;/h2*13-24,57-58H,1-12H3;1-2H3;;. The molecule has 0 aliphatic heterocycles. The molecule has 10 aromatic carbocycles. The van der Waals surface area contributed by atoms with Crippen LogP contribution in [0, 0.1) is 0 Å². The van der Waals surface area contributed by atoms with Gasteiger partial charge in [-0.2, -0.15) is 0 Å². The molecule has 20 rings (SSSR count). The minimum absolute atomic E-state index is 0. The molecule has 10 aromatic heterocycles. The molecule has 0 amide bonds. The monoisotopic (exact) mass is 1830 g/mol. The van der Waals surface area contributed by atoms with Crippen LogP contribution < -0.4 is 0 Å². The van der Waals surface area contributed by atoms with Crippen molar-refractivity contribution in [1.29, 1.82) is 0 Å². The van der Waals surface area contributed by atoms with Gasteiger partial charge < -0.3 is 38.1 Å². The summed E-state index contributed by atoms with van der Waals surface area (Å²) in [6, 6.07) is 48.8. The van der Waals surface area contributed by atoms with E-state index in [0.717, 1.165) is 101 Å². The van der Waals surface area contributed by atoms with Gasteiger partial charge in [-0.1, -0.05) is 215 Å². The average Bonchev–Trinajstić information content (AvgIpc) is 1.55. The Labute approximate surface area is 772 Å². The number of phenolic OH excluding ortho intramolecular Hbond substituents is 4. The summed E-state index contributed by atoms with van der Waals surface area (Å²) < 4.78 is 27.6. The van der Waals surface area contributed by atoms with Crippen molar-refractivity contribution in [3.63, 3.8) is 0 Å². The molecule has 0 atom stereocenters. The van der Waals surface area contributed by atoms with E-state index in [1.54, 1.807) is 0 Å². The molecule has 0 fully saturated rings. The van der Waals surface area contributed by atoms with Gasteiger partial charge in [-0.05, 0) is 173 Å². The Bertz CT molecular complexity index is 7400. The first-order valence-electron chi connectivity index (χ1n) is 43.5. The molecule has 672 valence electrons. The van der Waals surface area contributed by atoms with Crippen molar-refractivity contribution in [3.8, 4) is 23.0 Å². The van der Waals surface area contributed by atoms with Crippen molar-refractivity contribution >= 4 is 210 Å². The van der Waals surface area contributed by atoms with Gasteiger partial charge in [0, 0.05) is 124 Å². The average molecular weight is 1840 g/mol. The van der Waals surface area contributed by atoms with E-state index < -0.39 is 11.9 Å². The summed E-state index contributed by atoms with van der Waals surface area (Å²) in [5.74, 6) is -1.19.